The molecule has 9 heteroatoms. The van der Waals surface area contributed by atoms with E-state index in [9.17, 15) is 17.6 Å². The van der Waals surface area contributed by atoms with Gasteiger partial charge in [-0.2, -0.15) is 18.3 Å². The molecule has 1 aromatic heterocycles. The van der Waals surface area contributed by atoms with E-state index >= 15 is 0 Å². The number of aromatic nitrogens is 2. The van der Waals surface area contributed by atoms with Gasteiger partial charge in [-0.3, -0.25) is 0 Å². The van der Waals surface area contributed by atoms with Gasteiger partial charge in [0.25, 0.3) is 0 Å². The maximum Gasteiger partial charge on any atom is 0.435 e. The van der Waals surface area contributed by atoms with E-state index in [4.69, 9.17) is 5.53 Å². The second-order valence-corrected chi connectivity index (χ2v) is 5.21. The summed E-state index contributed by atoms with van der Waals surface area (Å²) in [6.45, 7) is 0. The van der Waals surface area contributed by atoms with E-state index in [0.29, 0.717) is 25.0 Å². The molecule has 1 heterocycles. The molecule has 1 aromatic carbocycles. The molecule has 23 heavy (non-hydrogen) atoms. The zero-order valence-electron chi connectivity index (χ0n) is 11.8. The van der Waals surface area contributed by atoms with Crippen molar-refractivity contribution in [2.24, 2.45) is 5.11 Å². The lowest BCUT2D eigenvalue weighted by Crippen LogP contribution is -2.11. The zero-order valence-corrected chi connectivity index (χ0v) is 11.8. The Morgan fingerprint density at radius 1 is 1.22 bits per heavy atom. The number of halogens is 4. The number of rotatable bonds is 2. The van der Waals surface area contributed by atoms with Crippen molar-refractivity contribution < 1.29 is 17.6 Å². The van der Waals surface area contributed by atoms with Gasteiger partial charge in [0, 0.05) is 16.2 Å². The van der Waals surface area contributed by atoms with Crippen LogP contribution in [-0.2, 0) is 19.0 Å². The number of hydrogen-bond donors (Lipinski definition) is 0. The Hall–Kier alpha value is -2.54. The zero-order chi connectivity index (χ0) is 16.6. The third kappa shape index (κ3) is 2.75. The van der Waals surface area contributed by atoms with Crippen molar-refractivity contribution in [2.45, 2.75) is 31.9 Å². The minimum Gasteiger partial charge on any atom is -0.236 e. The van der Waals surface area contributed by atoms with Crippen LogP contribution in [0.1, 0.15) is 29.8 Å². The predicted molar refractivity (Wildman–Crippen MR) is 74.0 cm³/mol. The lowest BCUT2D eigenvalue weighted by Gasteiger charge is -2.15. The molecule has 0 fully saturated rings. The molecule has 0 bridgehead atoms. The van der Waals surface area contributed by atoms with Crippen LogP contribution in [0.15, 0.2) is 23.3 Å². The first kappa shape index (κ1) is 15.4. The Morgan fingerprint density at radius 3 is 2.65 bits per heavy atom. The van der Waals surface area contributed by atoms with Gasteiger partial charge in [0.1, 0.15) is 5.82 Å². The Bertz CT molecular complexity index is 802. The molecule has 0 saturated heterocycles. The average Bonchev–Trinajstić information content (AvgIpc) is 2.88. The fourth-order valence-electron chi connectivity index (χ4n) is 2.83. The number of hydrogen-bond acceptors (Lipinski definition) is 2. The molecule has 0 radical (unpaired) electrons. The highest BCUT2D eigenvalue weighted by atomic mass is 19.4. The first-order valence-electron chi connectivity index (χ1n) is 6.95. The predicted octanol–water partition coefficient (Wildman–Crippen LogP) is 4.85. The van der Waals surface area contributed by atoms with Crippen molar-refractivity contribution in [2.75, 3.05) is 0 Å². The number of azide groups is 1. The van der Waals surface area contributed by atoms with Gasteiger partial charge in [-0.25, -0.2) is 9.07 Å². The topological polar surface area (TPSA) is 66.6 Å². The van der Waals surface area contributed by atoms with E-state index in [-0.39, 0.29) is 16.9 Å². The van der Waals surface area contributed by atoms with Crippen molar-refractivity contribution in [1.82, 2.24) is 9.78 Å². The Kier molecular flexibility index (Phi) is 3.73. The number of benzene rings is 1. The van der Waals surface area contributed by atoms with Crippen LogP contribution in [0.5, 0.6) is 0 Å². The van der Waals surface area contributed by atoms with Crippen LogP contribution in [0.2, 0.25) is 0 Å². The summed E-state index contributed by atoms with van der Waals surface area (Å²) in [6.07, 6.45) is -2.43. The SMILES string of the molecule is [N-]=[N+]=Nc1cc(F)ccc1-n1nc(C(F)(F)F)c2c1CCCC2. The normalized spacial score (nSPS) is 14.3. The summed E-state index contributed by atoms with van der Waals surface area (Å²) in [5.41, 5.74) is 8.29. The van der Waals surface area contributed by atoms with Crippen molar-refractivity contribution in [3.63, 3.8) is 0 Å². The molecule has 1 aliphatic carbocycles. The molecule has 0 saturated carbocycles. The number of fused-ring (bicyclic) bond motifs is 1. The first-order chi connectivity index (χ1) is 10.9. The number of nitrogens with zero attached hydrogens (tertiary/aromatic N) is 5. The van der Waals surface area contributed by atoms with Crippen LogP contribution in [0.3, 0.4) is 0 Å². The van der Waals surface area contributed by atoms with Crippen LogP contribution >= 0.6 is 0 Å². The minimum absolute atomic E-state index is 0.0999. The molecule has 0 aliphatic heterocycles. The van der Waals surface area contributed by atoms with Gasteiger partial charge >= 0.3 is 6.18 Å². The van der Waals surface area contributed by atoms with Crippen molar-refractivity contribution in [3.8, 4) is 5.69 Å². The fraction of sp³-hybridized carbons (Fsp3) is 0.357. The molecule has 1 aliphatic rings. The molecule has 5 nitrogen and oxygen atoms in total. The molecule has 2 aromatic rings. The highest BCUT2D eigenvalue weighted by Crippen LogP contribution is 2.38. The summed E-state index contributed by atoms with van der Waals surface area (Å²) in [5, 5.41) is 7.05. The van der Waals surface area contributed by atoms with E-state index in [1.165, 1.54) is 6.07 Å². The number of alkyl halides is 3. The third-order valence-electron chi connectivity index (χ3n) is 3.77. The third-order valence-corrected chi connectivity index (χ3v) is 3.77. The second kappa shape index (κ2) is 5.58. The van der Waals surface area contributed by atoms with Gasteiger partial charge in [-0.1, -0.05) is 5.11 Å². The van der Waals surface area contributed by atoms with Crippen molar-refractivity contribution in [3.05, 3.63) is 51.4 Å². The molecular weight excluding hydrogens is 314 g/mol. The highest BCUT2D eigenvalue weighted by Gasteiger charge is 2.39. The summed E-state index contributed by atoms with van der Waals surface area (Å²) < 4.78 is 54.1. The molecular formula is C14H11F4N5. The summed E-state index contributed by atoms with van der Waals surface area (Å²) in [5.74, 6) is -0.645. The molecule has 0 amide bonds. The van der Waals surface area contributed by atoms with Crippen molar-refractivity contribution >= 4 is 5.69 Å². The lowest BCUT2D eigenvalue weighted by atomic mass is 9.95. The summed E-state index contributed by atoms with van der Waals surface area (Å²) in [6, 6.07) is 3.33. The average molecular weight is 325 g/mol. The fourth-order valence-corrected chi connectivity index (χ4v) is 2.83. The van der Waals surface area contributed by atoms with E-state index in [1.807, 2.05) is 0 Å². The monoisotopic (exact) mass is 325 g/mol. The van der Waals surface area contributed by atoms with Gasteiger partial charge in [0.2, 0.25) is 0 Å². The Morgan fingerprint density at radius 2 is 1.96 bits per heavy atom. The molecule has 0 unspecified atom stereocenters. The van der Waals surface area contributed by atoms with Crippen molar-refractivity contribution in [1.29, 1.82) is 0 Å². The van der Waals surface area contributed by atoms with E-state index in [0.717, 1.165) is 23.2 Å². The van der Waals surface area contributed by atoms with E-state index < -0.39 is 17.7 Å². The summed E-state index contributed by atoms with van der Waals surface area (Å²) in [4.78, 5) is 2.60. The van der Waals surface area contributed by atoms with Crippen LogP contribution < -0.4 is 0 Å². The van der Waals surface area contributed by atoms with Crippen LogP contribution in [-0.4, -0.2) is 9.78 Å². The summed E-state index contributed by atoms with van der Waals surface area (Å²) >= 11 is 0. The molecule has 120 valence electrons. The minimum atomic E-state index is -4.56. The van der Waals surface area contributed by atoms with E-state index in [1.54, 1.807) is 0 Å². The Labute approximate surface area is 128 Å². The van der Waals surface area contributed by atoms with Gasteiger partial charge in [-0.15, -0.1) is 0 Å². The maximum atomic E-state index is 13.3. The quantitative estimate of drug-likeness (QED) is 0.337. The van der Waals surface area contributed by atoms with Gasteiger partial charge in [0.05, 0.1) is 11.4 Å². The molecule has 0 N–H and O–H groups in total. The smallest absolute Gasteiger partial charge is 0.236 e. The highest BCUT2D eigenvalue weighted by molar-refractivity contribution is 5.58. The molecule has 0 atom stereocenters. The van der Waals surface area contributed by atoms with Crippen LogP contribution in [0.25, 0.3) is 16.1 Å². The second-order valence-electron chi connectivity index (χ2n) is 5.21. The van der Waals surface area contributed by atoms with E-state index in [2.05, 4.69) is 15.1 Å². The van der Waals surface area contributed by atoms with Crippen LogP contribution in [0.4, 0.5) is 23.2 Å². The van der Waals surface area contributed by atoms with Crippen LogP contribution in [0, 0.1) is 5.82 Å². The maximum absolute atomic E-state index is 13.3. The first-order valence-corrected chi connectivity index (χ1v) is 6.95. The summed E-state index contributed by atoms with van der Waals surface area (Å²) in [7, 11) is 0. The van der Waals surface area contributed by atoms with Gasteiger partial charge < -0.3 is 0 Å². The lowest BCUT2D eigenvalue weighted by molar-refractivity contribution is -0.142. The van der Waals surface area contributed by atoms with Gasteiger partial charge in [0.15, 0.2) is 5.69 Å². The molecule has 0 spiro atoms. The Balaban J connectivity index is 2.25. The van der Waals surface area contributed by atoms with Gasteiger partial charge in [-0.05, 0) is 49.4 Å². The standard InChI is InChI=1S/C14H11F4N5/c15-8-5-6-12(10(7-8)20-22-19)23-11-4-2-1-3-9(11)13(21-23)14(16,17)18/h5-7H,1-4H2. The largest absolute Gasteiger partial charge is 0.435 e. The molecule has 3 rings (SSSR count).